The summed E-state index contributed by atoms with van der Waals surface area (Å²) >= 11 is 0. The van der Waals surface area contributed by atoms with E-state index in [0.717, 1.165) is 23.6 Å². The topological polar surface area (TPSA) is 128 Å². The highest BCUT2D eigenvalue weighted by molar-refractivity contribution is 6.09. The van der Waals surface area contributed by atoms with Crippen molar-refractivity contribution < 1.29 is 24.3 Å². The van der Waals surface area contributed by atoms with Crippen molar-refractivity contribution in [1.82, 2.24) is 10.6 Å². The molecule has 0 saturated carbocycles. The average molecular weight is 453 g/mol. The second-order valence-electron chi connectivity index (χ2n) is 7.96. The Morgan fingerprint density at radius 1 is 1.06 bits per heavy atom. The van der Waals surface area contributed by atoms with Crippen LogP contribution in [0.25, 0.3) is 0 Å². The lowest BCUT2D eigenvalue weighted by Crippen LogP contribution is -2.44. The van der Waals surface area contributed by atoms with Crippen LogP contribution in [-0.4, -0.2) is 55.0 Å². The quantitative estimate of drug-likeness (QED) is 0.456. The molecule has 4 N–H and O–H groups in total. The molecule has 0 radical (unpaired) electrons. The van der Waals surface area contributed by atoms with Crippen molar-refractivity contribution in [2.45, 2.75) is 19.8 Å². The SMILES string of the molecule is Cc1cccc(NC(=O)NCC(=O)N(CC(=O)O)c2ccccc2C(=O)C2CCNCC2)c1. The molecule has 174 valence electrons. The molecular formula is C24H28N4O5. The van der Waals surface area contributed by atoms with Crippen LogP contribution in [0.15, 0.2) is 48.5 Å². The largest absolute Gasteiger partial charge is 0.480 e. The maximum atomic E-state index is 13.1. The van der Waals surface area contributed by atoms with E-state index < -0.39 is 31.0 Å². The van der Waals surface area contributed by atoms with E-state index in [-0.39, 0.29) is 17.4 Å². The summed E-state index contributed by atoms with van der Waals surface area (Å²) < 4.78 is 0. The maximum Gasteiger partial charge on any atom is 0.323 e. The Bertz CT molecular complexity index is 1030. The maximum absolute atomic E-state index is 13.1. The minimum atomic E-state index is -1.23. The van der Waals surface area contributed by atoms with Crippen LogP contribution in [0.1, 0.15) is 28.8 Å². The molecule has 1 aliphatic rings. The third-order valence-electron chi connectivity index (χ3n) is 5.44. The summed E-state index contributed by atoms with van der Waals surface area (Å²) in [5, 5.41) is 17.7. The van der Waals surface area contributed by atoms with Gasteiger partial charge in [0.1, 0.15) is 6.54 Å². The number of nitrogens with zero attached hydrogens (tertiary/aromatic N) is 1. The van der Waals surface area contributed by atoms with Crippen molar-refractivity contribution in [2.24, 2.45) is 5.92 Å². The molecule has 0 bridgehead atoms. The standard InChI is InChI=1S/C24H28N4O5/c1-16-5-4-6-18(13-16)27-24(33)26-14-21(29)28(15-22(30)31)20-8-3-2-7-19(20)23(32)17-9-11-25-12-10-17/h2-8,13,17,25H,9-12,14-15H2,1H3,(H,30,31)(H2,26,27,33). The number of benzene rings is 2. The fourth-order valence-electron chi connectivity index (χ4n) is 3.81. The number of aliphatic carboxylic acids is 1. The predicted octanol–water partition coefficient (Wildman–Crippen LogP) is 2.42. The van der Waals surface area contributed by atoms with E-state index in [1.54, 1.807) is 42.5 Å². The first-order valence-electron chi connectivity index (χ1n) is 10.8. The van der Waals surface area contributed by atoms with E-state index in [1.807, 2.05) is 13.0 Å². The van der Waals surface area contributed by atoms with Gasteiger partial charge in [0.05, 0.1) is 12.2 Å². The number of urea groups is 1. The molecule has 0 atom stereocenters. The molecule has 0 aliphatic carbocycles. The van der Waals surface area contributed by atoms with Crippen LogP contribution in [-0.2, 0) is 9.59 Å². The van der Waals surface area contributed by atoms with Crippen molar-refractivity contribution in [3.8, 4) is 0 Å². The van der Waals surface area contributed by atoms with Gasteiger partial charge < -0.3 is 21.1 Å². The smallest absolute Gasteiger partial charge is 0.323 e. The molecule has 9 heteroatoms. The predicted molar refractivity (Wildman–Crippen MR) is 125 cm³/mol. The number of para-hydroxylation sites is 1. The van der Waals surface area contributed by atoms with E-state index in [0.29, 0.717) is 24.1 Å². The molecule has 0 spiro atoms. The lowest BCUT2D eigenvalue weighted by Gasteiger charge is -2.26. The average Bonchev–Trinajstić information content (AvgIpc) is 2.81. The first-order valence-corrected chi connectivity index (χ1v) is 10.8. The Labute approximate surface area is 192 Å². The van der Waals surface area contributed by atoms with E-state index in [4.69, 9.17) is 0 Å². The van der Waals surface area contributed by atoms with Gasteiger partial charge in [0.15, 0.2) is 5.78 Å². The summed E-state index contributed by atoms with van der Waals surface area (Å²) in [5.41, 5.74) is 2.07. The Kier molecular flexibility index (Phi) is 8.15. The molecule has 2 aromatic rings. The molecule has 3 rings (SSSR count). The van der Waals surface area contributed by atoms with Gasteiger partial charge in [-0.15, -0.1) is 0 Å². The number of anilines is 2. The number of carbonyl (C=O) groups is 4. The summed E-state index contributed by atoms with van der Waals surface area (Å²) in [6.45, 7) is 2.29. The van der Waals surface area contributed by atoms with E-state index in [9.17, 15) is 24.3 Å². The number of carboxylic acid groups (broad SMARTS) is 1. The molecule has 0 unspecified atom stereocenters. The fourth-order valence-corrected chi connectivity index (χ4v) is 3.81. The number of hydrogen-bond donors (Lipinski definition) is 4. The molecule has 1 aliphatic heterocycles. The van der Waals surface area contributed by atoms with Crippen LogP contribution in [0, 0.1) is 12.8 Å². The van der Waals surface area contributed by atoms with Gasteiger partial charge in [-0.1, -0.05) is 24.3 Å². The second-order valence-corrected chi connectivity index (χ2v) is 7.96. The highest BCUT2D eigenvalue weighted by Gasteiger charge is 2.28. The van der Waals surface area contributed by atoms with Gasteiger partial charge in [-0.25, -0.2) is 4.79 Å². The fraction of sp³-hybridized carbons (Fsp3) is 0.333. The van der Waals surface area contributed by atoms with Gasteiger partial charge in [0.2, 0.25) is 5.91 Å². The van der Waals surface area contributed by atoms with Gasteiger partial charge in [-0.3, -0.25) is 19.3 Å². The number of ketones is 1. The Morgan fingerprint density at radius 3 is 2.48 bits per heavy atom. The van der Waals surface area contributed by atoms with Crippen LogP contribution >= 0.6 is 0 Å². The van der Waals surface area contributed by atoms with Gasteiger partial charge in [0, 0.05) is 17.2 Å². The molecule has 1 fully saturated rings. The second kappa shape index (κ2) is 11.2. The number of piperidine rings is 1. The van der Waals surface area contributed by atoms with Crippen LogP contribution in [0.2, 0.25) is 0 Å². The molecule has 33 heavy (non-hydrogen) atoms. The summed E-state index contributed by atoms with van der Waals surface area (Å²) in [6, 6.07) is 13.1. The number of carboxylic acids is 1. The summed E-state index contributed by atoms with van der Waals surface area (Å²) in [6.07, 6.45) is 1.36. The zero-order valence-corrected chi connectivity index (χ0v) is 18.5. The molecule has 1 heterocycles. The van der Waals surface area contributed by atoms with Crippen molar-refractivity contribution in [3.05, 3.63) is 59.7 Å². The number of rotatable bonds is 8. The minimum Gasteiger partial charge on any atom is -0.480 e. The highest BCUT2D eigenvalue weighted by atomic mass is 16.4. The van der Waals surface area contributed by atoms with E-state index in [2.05, 4.69) is 16.0 Å². The molecule has 3 amide bonds. The third kappa shape index (κ3) is 6.63. The number of Topliss-reactive ketones (excluding diaryl/α,β-unsaturated/α-hetero) is 1. The molecular weight excluding hydrogens is 424 g/mol. The highest BCUT2D eigenvalue weighted by Crippen LogP contribution is 2.26. The van der Waals surface area contributed by atoms with Crippen LogP contribution < -0.4 is 20.9 Å². The Morgan fingerprint density at radius 2 is 1.79 bits per heavy atom. The van der Waals surface area contributed by atoms with Crippen molar-refractivity contribution >= 4 is 35.1 Å². The molecule has 1 saturated heterocycles. The van der Waals surface area contributed by atoms with Crippen molar-refractivity contribution in [2.75, 3.05) is 36.4 Å². The number of amides is 3. The summed E-state index contributed by atoms with van der Waals surface area (Å²) in [4.78, 5) is 50.8. The summed E-state index contributed by atoms with van der Waals surface area (Å²) in [7, 11) is 0. The Hall–Kier alpha value is -3.72. The minimum absolute atomic E-state index is 0.111. The van der Waals surface area contributed by atoms with E-state index >= 15 is 0 Å². The van der Waals surface area contributed by atoms with Gasteiger partial charge in [-0.2, -0.15) is 0 Å². The van der Waals surface area contributed by atoms with E-state index in [1.165, 1.54) is 0 Å². The number of hydrogen-bond acceptors (Lipinski definition) is 5. The zero-order valence-electron chi connectivity index (χ0n) is 18.5. The van der Waals surface area contributed by atoms with Gasteiger partial charge in [0.25, 0.3) is 0 Å². The first-order chi connectivity index (χ1) is 15.8. The Balaban J connectivity index is 1.74. The van der Waals surface area contributed by atoms with Crippen molar-refractivity contribution in [1.29, 1.82) is 0 Å². The van der Waals surface area contributed by atoms with Crippen LogP contribution in [0.5, 0.6) is 0 Å². The normalized spacial score (nSPS) is 13.7. The molecule has 2 aromatic carbocycles. The molecule has 0 aromatic heterocycles. The lowest BCUT2D eigenvalue weighted by atomic mass is 9.88. The first kappa shape index (κ1) is 23.9. The van der Waals surface area contributed by atoms with Gasteiger partial charge >= 0.3 is 12.0 Å². The van der Waals surface area contributed by atoms with Gasteiger partial charge in [-0.05, 0) is 62.7 Å². The third-order valence-corrected chi connectivity index (χ3v) is 5.44. The number of aryl methyl sites for hydroxylation is 1. The lowest BCUT2D eigenvalue weighted by molar-refractivity contribution is -0.136. The van der Waals surface area contributed by atoms with Crippen molar-refractivity contribution in [3.63, 3.8) is 0 Å². The monoisotopic (exact) mass is 452 g/mol. The van der Waals surface area contributed by atoms with Crippen LogP contribution in [0.4, 0.5) is 16.2 Å². The number of carbonyl (C=O) groups excluding carboxylic acids is 3. The number of nitrogens with one attached hydrogen (secondary N) is 3. The van der Waals surface area contributed by atoms with Crippen LogP contribution in [0.3, 0.4) is 0 Å². The zero-order chi connectivity index (χ0) is 23.8. The molecule has 9 nitrogen and oxygen atoms in total. The summed E-state index contributed by atoms with van der Waals surface area (Å²) in [5.74, 6) is -2.16.